The molecule has 4 nitrogen and oxygen atoms in total. The number of amides is 2. The number of anilines is 1. The lowest BCUT2D eigenvalue weighted by Crippen LogP contribution is -2.34. The maximum absolute atomic E-state index is 12.3. The lowest BCUT2D eigenvalue weighted by Gasteiger charge is -2.17. The van der Waals surface area contributed by atoms with Crippen molar-refractivity contribution in [3.05, 3.63) is 52.2 Å². The molecular weight excluding hydrogens is 308 g/mol. The Morgan fingerprint density at radius 2 is 2.09 bits per heavy atom. The number of hydrogen-bond acceptors (Lipinski definition) is 3. The second kappa shape index (κ2) is 6.96. The number of benzene rings is 1. The molecule has 1 aliphatic rings. The molecule has 0 radical (unpaired) electrons. The molecule has 1 aromatic heterocycles. The topological polar surface area (TPSA) is 49.4 Å². The van der Waals surface area contributed by atoms with E-state index < -0.39 is 0 Å². The maximum atomic E-state index is 12.3. The first-order valence-electron chi connectivity index (χ1n) is 7.80. The summed E-state index contributed by atoms with van der Waals surface area (Å²) >= 11 is 1.69. The van der Waals surface area contributed by atoms with Crippen molar-refractivity contribution in [3.8, 4) is 0 Å². The van der Waals surface area contributed by atoms with Crippen LogP contribution in [0.25, 0.3) is 0 Å². The summed E-state index contributed by atoms with van der Waals surface area (Å²) in [5.41, 5.74) is 2.03. The van der Waals surface area contributed by atoms with E-state index >= 15 is 0 Å². The zero-order valence-electron chi connectivity index (χ0n) is 13.1. The average Bonchev–Trinajstić information content (AvgIpc) is 3.18. The molecule has 0 aliphatic carbocycles. The SMILES string of the molecule is Cc1ccc(N2C[C@H](C(=O)NCCc3cccs3)CC2=O)cc1. The minimum Gasteiger partial charge on any atom is -0.355 e. The van der Waals surface area contributed by atoms with Gasteiger partial charge in [0, 0.05) is 30.1 Å². The van der Waals surface area contributed by atoms with Crippen LogP contribution in [0.15, 0.2) is 41.8 Å². The van der Waals surface area contributed by atoms with Gasteiger partial charge in [-0.15, -0.1) is 11.3 Å². The van der Waals surface area contributed by atoms with Crippen LogP contribution in [0.1, 0.15) is 16.9 Å². The first-order valence-corrected chi connectivity index (χ1v) is 8.68. The van der Waals surface area contributed by atoms with Crippen LogP contribution in [-0.4, -0.2) is 24.9 Å². The van der Waals surface area contributed by atoms with E-state index in [4.69, 9.17) is 0 Å². The number of nitrogens with zero attached hydrogens (tertiary/aromatic N) is 1. The molecule has 0 bridgehead atoms. The van der Waals surface area contributed by atoms with Gasteiger partial charge < -0.3 is 10.2 Å². The standard InChI is InChI=1S/C18H20N2O2S/c1-13-4-6-15(7-5-13)20-12-14(11-17(20)21)18(22)19-9-8-16-3-2-10-23-16/h2-7,10,14H,8-9,11-12H2,1H3,(H,19,22)/t14-/m1/s1. The fourth-order valence-corrected chi connectivity index (χ4v) is 3.47. The van der Waals surface area contributed by atoms with Gasteiger partial charge in [0.05, 0.1) is 5.92 Å². The normalized spacial score (nSPS) is 17.5. The summed E-state index contributed by atoms with van der Waals surface area (Å²) in [6, 6.07) is 11.9. The highest BCUT2D eigenvalue weighted by Gasteiger charge is 2.34. The summed E-state index contributed by atoms with van der Waals surface area (Å²) in [7, 11) is 0. The summed E-state index contributed by atoms with van der Waals surface area (Å²) < 4.78 is 0. The van der Waals surface area contributed by atoms with E-state index in [9.17, 15) is 9.59 Å². The van der Waals surface area contributed by atoms with Crippen molar-refractivity contribution in [3.63, 3.8) is 0 Å². The summed E-state index contributed by atoms with van der Waals surface area (Å²) in [5.74, 6) is -0.260. The van der Waals surface area contributed by atoms with Gasteiger partial charge in [0.1, 0.15) is 0 Å². The molecule has 0 unspecified atom stereocenters. The molecule has 1 N–H and O–H groups in total. The molecule has 120 valence electrons. The summed E-state index contributed by atoms with van der Waals surface area (Å²) in [5, 5.41) is 4.99. The van der Waals surface area contributed by atoms with Crippen LogP contribution in [0.5, 0.6) is 0 Å². The molecule has 1 aromatic carbocycles. The second-order valence-corrected chi connectivity index (χ2v) is 6.89. The average molecular weight is 328 g/mol. The molecule has 2 aromatic rings. The van der Waals surface area contributed by atoms with Gasteiger partial charge in [-0.1, -0.05) is 23.8 Å². The highest BCUT2D eigenvalue weighted by atomic mass is 32.1. The van der Waals surface area contributed by atoms with Crippen LogP contribution >= 0.6 is 11.3 Å². The van der Waals surface area contributed by atoms with E-state index in [1.165, 1.54) is 4.88 Å². The largest absolute Gasteiger partial charge is 0.355 e. The Hall–Kier alpha value is -2.14. The fraction of sp³-hybridized carbons (Fsp3) is 0.333. The van der Waals surface area contributed by atoms with Crippen LogP contribution in [0.3, 0.4) is 0 Å². The van der Waals surface area contributed by atoms with Crippen molar-refractivity contribution in [1.82, 2.24) is 5.32 Å². The summed E-state index contributed by atoms with van der Waals surface area (Å²) in [4.78, 5) is 27.4. The molecule has 5 heteroatoms. The lowest BCUT2D eigenvalue weighted by molar-refractivity contribution is -0.126. The third kappa shape index (κ3) is 3.79. The fourth-order valence-electron chi connectivity index (χ4n) is 2.77. The molecule has 1 atom stereocenters. The van der Waals surface area contributed by atoms with Gasteiger partial charge >= 0.3 is 0 Å². The third-order valence-corrected chi connectivity index (χ3v) is 5.03. The zero-order chi connectivity index (χ0) is 16.2. The molecule has 1 aliphatic heterocycles. The van der Waals surface area contributed by atoms with Gasteiger partial charge in [0.25, 0.3) is 0 Å². The van der Waals surface area contributed by atoms with Crippen LogP contribution in [-0.2, 0) is 16.0 Å². The quantitative estimate of drug-likeness (QED) is 0.917. The number of thiophene rings is 1. The number of nitrogens with one attached hydrogen (secondary N) is 1. The number of carbonyl (C=O) groups excluding carboxylic acids is 2. The van der Waals surface area contributed by atoms with Crippen molar-refractivity contribution >= 4 is 28.8 Å². The second-order valence-electron chi connectivity index (χ2n) is 5.86. The van der Waals surface area contributed by atoms with E-state index in [0.717, 1.165) is 17.7 Å². The summed E-state index contributed by atoms with van der Waals surface area (Å²) in [6.45, 7) is 3.10. The Labute approximate surface area is 140 Å². The Kier molecular flexibility index (Phi) is 4.76. The predicted octanol–water partition coefficient (Wildman–Crippen LogP) is 2.77. The van der Waals surface area contributed by atoms with Gasteiger partial charge in [-0.2, -0.15) is 0 Å². The first kappa shape index (κ1) is 15.7. The molecule has 23 heavy (non-hydrogen) atoms. The third-order valence-electron chi connectivity index (χ3n) is 4.09. The van der Waals surface area contributed by atoms with Gasteiger partial charge in [-0.05, 0) is 36.9 Å². The highest BCUT2D eigenvalue weighted by molar-refractivity contribution is 7.09. The zero-order valence-corrected chi connectivity index (χ0v) is 13.9. The molecule has 2 heterocycles. The molecule has 3 rings (SSSR count). The molecule has 0 spiro atoms. The smallest absolute Gasteiger partial charge is 0.227 e. The van der Waals surface area contributed by atoms with Crippen LogP contribution in [0.4, 0.5) is 5.69 Å². The maximum Gasteiger partial charge on any atom is 0.227 e. The van der Waals surface area contributed by atoms with Crippen molar-refractivity contribution in [2.45, 2.75) is 19.8 Å². The molecule has 0 saturated carbocycles. The number of aryl methyl sites for hydroxylation is 1. The van der Waals surface area contributed by atoms with E-state index in [0.29, 0.717) is 19.5 Å². The Bertz CT molecular complexity index is 680. The van der Waals surface area contributed by atoms with Crippen molar-refractivity contribution < 1.29 is 9.59 Å². The minimum absolute atomic E-state index is 0.0206. The number of hydrogen-bond donors (Lipinski definition) is 1. The Morgan fingerprint density at radius 1 is 1.30 bits per heavy atom. The molecule has 1 saturated heterocycles. The Morgan fingerprint density at radius 3 is 2.78 bits per heavy atom. The van der Waals surface area contributed by atoms with Crippen molar-refractivity contribution in [1.29, 1.82) is 0 Å². The van der Waals surface area contributed by atoms with Gasteiger partial charge in [0.2, 0.25) is 11.8 Å². The van der Waals surface area contributed by atoms with Gasteiger partial charge in [-0.3, -0.25) is 9.59 Å². The van der Waals surface area contributed by atoms with Crippen LogP contribution < -0.4 is 10.2 Å². The summed E-state index contributed by atoms with van der Waals surface area (Å²) in [6.07, 6.45) is 1.13. The number of carbonyl (C=O) groups is 2. The first-order chi connectivity index (χ1) is 11.1. The molecular formula is C18H20N2O2S. The molecule has 2 amide bonds. The lowest BCUT2D eigenvalue weighted by atomic mass is 10.1. The van der Waals surface area contributed by atoms with E-state index in [-0.39, 0.29) is 17.7 Å². The molecule has 1 fully saturated rings. The van der Waals surface area contributed by atoms with E-state index in [1.807, 2.05) is 42.6 Å². The van der Waals surface area contributed by atoms with Crippen LogP contribution in [0, 0.1) is 12.8 Å². The van der Waals surface area contributed by atoms with E-state index in [2.05, 4.69) is 11.4 Å². The van der Waals surface area contributed by atoms with Crippen molar-refractivity contribution in [2.75, 3.05) is 18.0 Å². The number of rotatable bonds is 5. The van der Waals surface area contributed by atoms with E-state index in [1.54, 1.807) is 16.2 Å². The predicted molar refractivity (Wildman–Crippen MR) is 92.7 cm³/mol. The van der Waals surface area contributed by atoms with Gasteiger partial charge in [-0.25, -0.2) is 0 Å². The Balaban J connectivity index is 1.54. The monoisotopic (exact) mass is 328 g/mol. The highest BCUT2D eigenvalue weighted by Crippen LogP contribution is 2.25. The van der Waals surface area contributed by atoms with Gasteiger partial charge in [0.15, 0.2) is 0 Å². The van der Waals surface area contributed by atoms with Crippen molar-refractivity contribution in [2.24, 2.45) is 5.92 Å². The van der Waals surface area contributed by atoms with Crippen LogP contribution in [0.2, 0.25) is 0 Å². The minimum atomic E-state index is -0.257.